The first kappa shape index (κ1) is 11.9. The van der Waals surface area contributed by atoms with Gasteiger partial charge in [0, 0.05) is 16.8 Å². The van der Waals surface area contributed by atoms with E-state index in [1.807, 2.05) is 11.3 Å². The maximum Gasteiger partial charge on any atom is 0.0487 e. The molecule has 94 valence electrons. The fraction of sp³-hybridized carbons (Fsp3) is 0.375. The molecule has 2 heteroatoms. The molecule has 1 aliphatic rings. The summed E-state index contributed by atoms with van der Waals surface area (Å²) in [6.45, 7) is 3.33. The van der Waals surface area contributed by atoms with E-state index in [9.17, 15) is 0 Å². The van der Waals surface area contributed by atoms with Crippen molar-refractivity contribution < 1.29 is 0 Å². The van der Waals surface area contributed by atoms with Gasteiger partial charge in [-0.15, -0.1) is 11.3 Å². The molecule has 0 radical (unpaired) electrons. The van der Waals surface area contributed by atoms with Crippen LogP contribution < -0.4 is 5.32 Å². The first-order valence-corrected chi connectivity index (χ1v) is 7.62. The van der Waals surface area contributed by atoms with Crippen LogP contribution in [0.3, 0.4) is 0 Å². The zero-order valence-corrected chi connectivity index (χ0v) is 11.5. The van der Waals surface area contributed by atoms with E-state index in [2.05, 4.69) is 54.0 Å². The lowest BCUT2D eigenvalue weighted by atomic mass is 9.73. The number of rotatable bonds is 5. The van der Waals surface area contributed by atoms with Crippen LogP contribution >= 0.6 is 11.3 Å². The Morgan fingerprint density at radius 1 is 1.28 bits per heavy atom. The molecule has 1 nitrogen and oxygen atoms in total. The van der Waals surface area contributed by atoms with Crippen molar-refractivity contribution in [2.45, 2.75) is 31.7 Å². The summed E-state index contributed by atoms with van der Waals surface area (Å²) in [5.41, 5.74) is 3.07. The SMILES string of the molecule is CCCNC(c1cccs1)C1Cc2ccccc21. The third-order valence-electron chi connectivity index (χ3n) is 3.76. The van der Waals surface area contributed by atoms with Gasteiger partial charge in [-0.3, -0.25) is 0 Å². The molecule has 18 heavy (non-hydrogen) atoms. The monoisotopic (exact) mass is 257 g/mol. The van der Waals surface area contributed by atoms with Crippen LogP contribution in [0, 0.1) is 0 Å². The lowest BCUT2D eigenvalue weighted by molar-refractivity contribution is 0.417. The van der Waals surface area contributed by atoms with E-state index < -0.39 is 0 Å². The highest BCUT2D eigenvalue weighted by Gasteiger charge is 2.33. The molecule has 0 fully saturated rings. The van der Waals surface area contributed by atoms with Crippen molar-refractivity contribution in [1.29, 1.82) is 0 Å². The summed E-state index contributed by atoms with van der Waals surface area (Å²) in [5.74, 6) is 0.659. The van der Waals surface area contributed by atoms with Gasteiger partial charge in [0.25, 0.3) is 0 Å². The van der Waals surface area contributed by atoms with Gasteiger partial charge in [-0.05, 0) is 42.0 Å². The minimum Gasteiger partial charge on any atom is -0.309 e. The molecule has 2 atom stereocenters. The van der Waals surface area contributed by atoms with Crippen LogP contribution in [0.4, 0.5) is 0 Å². The van der Waals surface area contributed by atoms with Crippen molar-refractivity contribution in [2.75, 3.05) is 6.54 Å². The standard InChI is InChI=1S/C16H19NS/c1-2-9-17-16(15-8-5-10-18-15)14-11-12-6-3-4-7-13(12)14/h3-8,10,14,16-17H,2,9,11H2,1H3. The van der Waals surface area contributed by atoms with Crippen molar-refractivity contribution in [3.05, 3.63) is 57.8 Å². The molecule has 0 bridgehead atoms. The molecule has 1 aromatic carbocycles. The fourth-order valence-electron chi connectivity index (χ4n) is 2.80. The first-order valence-electron chi connectivity index (χ1n) is 6.74. The van der Waals surface area contributed by atoms with Crippen LogP contribution in [0.1, 0.15) is 41.3 Å². The van der Waals surface area contributed by atoms with Gasteiger partial charge in [-0.25, -0.2) is 0 Å². The molecule has 3 rings (SSSR count). The van der Waals surface area contributed by atoms with E-state index in [1.165, 1.54) is 23.3 Å². The minimum absolute atomic E-state index is 0.500. The molecule has 1 aliphatic carbocycles. The second-order valence-corrected chi connectivity index (χ2v) is 5.94. The van der Waals surface area contributed by atoms with E-state index in [0.29, 0.717) is 12.0 Å². The van der Waals surface area contributed by atoms with Gasteiger partial charge in [0.2, 0.25) is 0 Å². The molecule has 0 saturated carbocycles. The number of fused-ring (bicyclic) bond motifs is 1. The highest BCUT2D eigenvalue weighted by atomic mass is 32.1. The molecule has 0 amide bonds. The number of nitrogens with one attached hydrogen (secondary N) is 1. The average molecular weight is 257 g/mol. The van der Waals surface area contributed by atoms with Crippen LogP contribution in [-0.2, 0) is 6.42 Å². The summed E-state index contributed by atoms with van der Waals surface area (Å²) >= 11 is 1.87. The molecule has 2 unspecified atom stereocenters. The average Bonchev–Trinajstić information content (AvgIpc) is 2.88. The lowest BCUT2D eigenvalue weighted by Crippen LogP contribution is -2.33. The smallest absolute Gasteiger partial charge is 0.0487 e. The Balaban J connectivity index is 1.83. The third-order valence-corrected chi connectivity index (χ3v) is 4.72. The Bertz CT molecular complexity index is 504. The van der Waals surface area contributed by atoms with Crippen molar-refractivity contribution in [2.24, 2.45) is 0 Å². The van der Waals surface area contributed by atoms with Gasteiger partial charge in [-0.2, -0.15) is 0 Å². The second kappa shape index (κ2) is 5.25. The second-order valence-electron chi connectivity index (χ2n) is 4.96. The van der Waals surface area contributed by atoms with E-state index in [-0.39, 0.29) is 0 Å². The molecule has 0 saturated heterocycles. The predicted octanol–water partition coefficient (Wildman–Crippen LogP) is 4.13. The maximum absolute atomic E-state index is 3.73. The summed E-state index contributed by atoms with van der Waals surface area (Å²) in [6, 6.07) is 13.8. The van der Waals surface area contributed by atoms with Crippen LogP contribution in [-0.4, -0.2) is 6.54 Å². The van der Waals surface area contributed by atoms with Gasteiger partial charge in [-0.1, -0.05) is 37.3 Å². The number of thiophene rings is 1. The largest absolute Gasteiger partial charge is 0.309 e. The van der Waals surface area contributed by atoms with Crippen molar-refractivity contribution in [3.8, 4) is 0 Å². The van der Waals surface area contributed by atoms with Crippen LogP contribution in [0.2, 0.25) is 0 Å². The molecule has 1 heterocycles. The first-order chi connectivity index (χ1) is 8.90. The number of hydrogen-bond donors (Lipinski definition) is 1. The van der Waals surface area contributed by atoms with Crippen molar-refractivity contribution >= 4 is 11.3 Å². The van der Waals surface area contributed by atoms with E-state index >= 15 is 0 Å². The number of hydrogen-bond acceptors (Lipinski definition) is 2. The third kappa shape index (κ3) is 2.11. The number of benzene rings is 1. The quantitative estimate of drug-likeness (QED) is 0.849. The van der Waals surface area contributed by atoms with Gasteiger partial charge in [0.05, 0.1) is 0 Å². The predicted molar refractivity (Wildman–Crippen MR) is 78.2 cm³/mol. The van der Waals surface area contributed by atoms with Crippen LogP contribution in [0.15, 0.2) is 41.8 Å². The Hall–Kier alpha value is -1.12. The molecule has 0 spiro atoms. The topological polar surface area (TPSA) is 12.0 Å². The Morgan fingerprint density at radius 3 is 2.89 bits per heavy atom. The zero-order valence-electron chi connectivity index (χ0n) is 10.7. The van der Waals surface area contributed by atoms with Crippen molar-refractivity contribution in [1.82, 2.24) is 5.32 Å². The van der Waals surface area contributed by atoms with E-state index in [0.717, 1.165) is 6.54 Å². The summed E-state index contributed by atoms with van der Waals surface area (Å²) in [6.07, 6.45) is 2.41. The lowest BCUT2D eigenvalue weighted by Gasteiger charge is -2.36. The normalized spacial score (nSPS) is 19.1. The Kier molecular flexibility index (Phi) is 3.48. The highest BCUT2D eigenvalue weighted by molar-refractivity contribution is 7.10. The molecule has 2 aromatic rings. The van der Waals surface area contributed by atoms with E-state index in [4.69, 9.17) is 0 Å². The summed E-state index contributed by atoms with van der Waals surface area (Å²) in [5, 5.41) is 5.91. The van der Waals surface area contributed by atoms with Gasteiger partial charge in [0.15, 0.2) is 0 Å². The highest BCUT2D eigenvalue weighted by Crippen LogP contribution is 2.44. The fourth-order valence-corrected chi connectivity index (χ4v) is 3.67. The van der Waals surface area contributed by atoms with Crippen LogP contribution in [0.25, 0.3) is 0 Å². The molecule has 0 aliphatic heterocycles. The molecule has 1 N–H and O–H groups in total. The molecule has 1 aromatic heterocycles. The van der Waals surface area contributed by atoms with Gasteiger partial charge < -0.3 is 5.32 Å². The maximum atomic E-state index is 3.73. The van der Waals surface area contributed by atoms with E-state index in [1.54, 1.807) is 5.56 Å². The minimum atomic E-state index is 0.500. The molecular weight excluding hydrogens is 238 g/mol. The Labute approximate surface area is 113 Å². The Morgan fingerprint density at radius 2 is 2.17 bits per heavy atom. The van der Waals surface area contributed by atoms with Crippen LogP contribution in [0.5, 0.6) is 0 Å². The summed E-state index contributed by atoms with van der Waals surface area (Å²) in [4.78, 5) is 1.47. The van der Waals surface area contributed by atoms with Gasteiger partial charge in [0.1, 0.15) is 0 Å². The van der Waals surface area contributed by atoms with Crippen molar-refractivity contribution in [3.63, 3.8) is 0 Å². The van der Waals surface area contributed by atoms with Gasteiger partial charge >= 0.3 is 0 Å². The molecular formula is C16H19NS. The summed E-state index contributed by atoms with van der Waals surface area (Å²) < 4.78 is 0. The zero-order chi connectivity index (χ0) is 12.4. The summed E-state index contributed by atoms with van der Waals surface area (Å²) in [7, 11) is 0.